The molecule has 2 nitrogen and oxygen atoms in total. The zero-order valence-corrected chi connectivity index (χ0v) is 8.61. The molecule has 1 saturated carbocycles. The van der Waals surface area contributed by atoms with Crippen LogP contribution in [0.2, 0.25) is 0 Å². The van der Waals surface area contributed by atoms with Crippen LogP contribution in [0.15, 0.2) is 0 Å². The smallest absolute Gasteiger partial charge is 0.346 e. The summed E-state index contributed by atoms with van der Waals surface area (Å²) in [6, 6.07) is -0.348. The number of nitrogens with one attached hydrogen (secondary N) is 1. The van der Waals surface area contributed by atoms with Crippen molar-refractivity contribution in [2.45, 2.75) is 45.8 Å². The maximum atomic E-state index is 11.7. The van der Waals surface area contributed by atoms with E-state index in [2.05, 4.69) is 0 Å². The lowest BCUT2D eigenvalue weighted by Gasteiger charge is -2.13. The summed E-state index contributed by atoms with van der Waals surface area (Å²) in [5, 5.41) is 1.92. The first-order valence-corrected chi connectivity index (χ1v) is 4.79. The van der Waals surface area contributed by atoms with Gasteiger partial charge < -0.3 is 5.32 Å². The predicted octanol–water partition coefficient (Wildman–Crippen LogP) is 2.49. The number of carbonyl (C=O) groups is 1. The van der Waals surface area contributed by atoms with Gasteiger partial charge >= 0.3 is 12.1 Å². The fourth-order valence-corrected chi connectivity index (χ4v) is 1.00. The van der Waals surface area contributed by atoms with E-state index in [0.717, 1.165) is 12.8 Å². The van der Waals surface area contributed by atoms with Crippen LogP contribution in [-0.2, 0) is 4.79 Å². The minimum absolute atomic E-state index is 0.247. The van der Waals surface area contributed by atoms with Crippen LogP contribution in [0.3, 0.4) is 0 Å². The number of carbonyl (C=O) groups excluding carboxylic acids is 1. The lowest BCUT2D eigenvalue weighted by Crippen LogP contribution is -2.42. The molecule has 1 amide bonds. The molecule has 5 heteroatoms. The van der Waals surface area contributed by atoms with Gasteiger partial charge in [-0.05, 0) is 25.7 Å². The standard InChI is InChI=1S/C7H10F3NO.C2H6/c1-4(5-2-3-5)11-6(12)7(8,9)10;1-2/h4-5H,2-3H2,1H3,(H,11,12);1-2H3. The predicted molar refractivity (Wildman–Crippen MR) is 47.7 cm³/mol. The van der Waals surface area contributed by atoms with Gasteiger partial charge in [-0.1, -0.05) is 13.8 Å². The minimum Gasteiger partial charge on any atom is -0.346 e. The van der Waals surface area contributed by atoms with Crippen molar-refractivity contribution in [2.24, 2.45) is 5.92 Å². The average molecular weight is 211 g/mol. The number of hydrogen-bond donors (Lipinski definition) is 1. The summed E-state index contributed by atoms with van der Waals surface area (Å²) in [7, 11) is 0. The molecule has 1 atom stereocenters. The first-order valence-electron chi connectivity index (χ1n) is 4.79. The van der Waals surface area contributed by atoms with E-state index in [1.807, 2.05) is 19.2 Å². The van der Waals surface area contributed by atoms with E-state index >= 15 is 0 Å². The Labute approximate surface area is 81.9 Å². The summed E-state index contributed by atoms with van der Waals surface area (Å²) in [5.74, 6) is -1.58. The molecular formula is C9H16F3NO. The molecule has 0 aliphatic heterocycles. The van der Waals surface area contributed by atoms with E-state index in [1.54, 1.807) is 6.92 Å². The molecule has 0 aromatic heterocycles. The number of rotatable bonds is 2. The minimum atomic E-state index is -4.75. The zero-order valence-electron chi connectivity index (χ0n) is 8.61. The lowest BCUT2D eigenvalue weighted by molar-refractivity contribution is -0.174. The van der Waals surface area contributed by atoms with Crippen molar-refractivity contribution in [1.29, 1.82) is 0 Å². The Morgan fingerprint density at radius 2 is 1.79 bits per heavy atom. The fraction of sp³-hybridized carbons (Fsp3) is 0.889. The highest BCUT2D eigenvalue weighted by molar-refractivity contribution is 5.81. The molecule has 84 valence electrons. The molecule has 1 rings (SSSR count). The van der Waals surface area contributed by atoms with Gasteiger partial charge in [0.15, 0.2) is 0 Å². The molecule has 0 radical (unpaired) electrons. The molecule has 1 N–H and O–H groups in total. The Morgan fingerprint density at radius 3 is 2.07 bits per heavy atom. The van der Waals surface area contributed by atoms with Gasteiger partial charge in [-0.25, -0.2) is 0 Å². The maximum absolute atomic E-state index is 11.7. The van der Waals surface area contributed by atoms with Crippen molar-refractivity contribution >= 4 is 5.91 Å². The van der Waals surface area contributed by atoms with E-state index in [9.17, 15) is 18.0 Å². The van der Waals surface area contributed by atoms with Crippen LogP contribution in [-0.4, -0.2) is 18.1 Å². The van der Waals surface area contributed by atoms with Crippen molar-refractivity contribution < 1.29 is 18.0 Å². The summed E-state index contributed by atoms with van der Waals surface area (Å²) in [5.41, 5.74) is 0. The third kappa shape index (κ3) is 4.48. The van der Waals surface area contributed by atoms with Gasteiger partial charge in [0.2, 0.25) is 0 Å². The molecule has 1 fully saturated rings. The van der Waals surface area contributed by atoms with E-state index in [1.165, 1.54) is 0 Å². The van der Waals surface area contributed by atoms with Crippen molar-refractivity contribution in [3.05, 3.63) is 0 Å². The normalized spacial score (nSPS) is 17.9. The molecule has 14 heavy (non-hydrogen) atoms. The number of amides is 1. The lowest BCUT2D eigenvalue weighted by atomic mass is 10.2. The molecular weight excluding hydrogens is 195 g/mol. The Kier molecular flexibility index (Phi) is 4.94. The van der Waals surface area contributed by atoms with Gasteiger partial charge in [0.05, 0.1) is 0 Å². The maximum Gasteiger partial charge on any atom is 0.471 e. The van der Waals surface area contributed by atoms with E-state index < -0.39 is 12.1 Å². The van der Waals surface area contributed by atoms with Gasteiger partial charge in [0.1, 0.15) is 0 Å². The molecule has 0 saturated heterocycles. The topological polar surface area (TPSA) is 29.1 Å². The van der Waals surface area contributed by atoms with E-state index in [4.69, 9.17) is 0 Å². The third-order valence-electron chi connectivity index (χ3n) is 1.95. The molecule has 1 aliphatic carbocycles. The Hall–Kier alpha value is -0.740. The average Bonchev–Trinajstić information content (AvgIpc) is 2.88. The SMILES string of the molecule is CC.CC(NC(=O)C(F)(F)F)C1CC1. The van der Waals surface area contributed by atoms with Gasteiger partial charge in [-0.2, -0.15) is 13.2 Å². The monoisotopic (exact) mass is 211 g/mol. The van der Waals surface area contributed by atoms with Crippen LogP contribution in [0.4, 0.5) is 13.2 Å². The van der Waals surface area contributed by atoms with E-state index in [0.29, 0.717) is 0 Å². The van der Waals surface area contributed by atoms with Crippen molar-refractivity contribution in [2.75, 3.05) is 0 Å². The highest BCUT2D eigenvalue weighted by Crippen LogP contribution is 2.32. The Bertz CT molecular complexity index is 187. The molecule has 0 aromatic carbocycles. The largest absolute Gasteiger partial charge is 0.471 e. The fourth-order valence-electron chi connectivity index (χ4n) is 1.00. The van der Waals surface area contributed by atoms with Crippen molar-refractivity contribution in [3.8, 4) is 0 Å². The summed E-state index contributed by atoms with van der Waals surface area (Å²) < 4.78 is 35.0. The Balaban J connectivity index is 0.000000791. The summed E-state index contributed by atoms with van der Waals surface area (Å²) in [4.78, 5) is 10.4. The molecule has 1 aliphatic rings. The summed E-state index contributed by atoms with van der Waals surface area (Å²) in [6.07, 6.45) is -2.91. The number of alkyl halides is 3. The molecule has 0 heterocycles. The zero-order chi connectivity index (χ0) is 11.4. The first-order chi connectivity index (χ1) is 6.41. The van der Waals surface area contributed by atoms with Crippen LogP contribution in [0, 0.1) is 5.92 Å². The van der Waals surface area contributed by atoms with Gasteiger partial charge in [0.25, 0.3) is 0 Å². The molecule has 0 spiro atoms. The summed E-state index contributed by atoms with van der Waals surface area (Å²) in [6.45, 7) is 5.60. The highest BCUT2D eigenvalue weighted by atomic mass is 19.4. The van der Waals surface area contributed by atoms with Crippen LogP contribution in [0.5, 0.6) is 0 Å². The molecule has 1 unspecified atom stereocenters. The first kappa shape index (κ1) is 13.3. The number of hydrogen-bond acceptors (Lipinski definition) is 1. The van der Waals surface area contributed by atoms with E-state index in [-0.39, 0.29) is 12.0 Å². The van der Waals surface area contributed by atoms with Gasteiger partial charge in [-0.15, -0.1) is 0 Å². The van der Waals surface area contributed by atoms with Crippen LogP contribution in [0.25, 0.3) is 0 Å². The quantitative estimate of drug-likeness (QED) is 0.747. The highest BCUT2D eigenvalue weighted by Gasteiger charge is 2.41. The van der Waals surface area contributed by atoms with Crippen molar-refractivity contribution in [3.63, 3.8) is 0 Å². The third-order valence-corrected chi connectivity index (χ3v) is 1.95. The second-order valence-electron chi connectivity index (χ2n) is 3.10. The molecule has 0 aromatic rings. The van der Waals surface area contributed by atoms with Crippen molar-refractivity contribution in [1.82, 2.24) is 5.32 Å². The van der Waals surface area contributed by atoms with Gasteiger partial charge in [-0.3, -0.25) is 4.79 Å². The van der Waals surface area contributed by atoms with Crippen LogP contribution >= 0.6 is 0 Å². The molecule has 0 bridgehead atoms. The Morgan fingerprint density at radius 1 is 1.36 bits per heavy atom. The van der Waals surface area contributed by atoms with Gasteiger partial charge in [0, 0.05) is 6.04 Å². The van der Waals surface area contributed by atoms with Crippen LogP contribution in [0.1, 0.15) is 33.6 Å². The summed E-state index contributed by atoms with van der Waals surface area (Å²) >= 11 is 0. The second-order valence-corrected chi connectivity index (χ2v) is 3.10. The second kappa shape index (κ2) is 5.22. The van der Waals surface area contributed by atoms with Crippen LogP contribution < -0.4 is 5.32 Å². The number of halogens is 3.